The molecule has 6 heteroatoms. The van der Waals surface area contributed by atoms with Crippen LogP contribution in [0.2, 0.25) is 0 Å². The predicted molar refractivity (Wildman–Crippen MR) is 79.8 cm³/mol. The third-order valence-corrected chi connectivity index (χ3v) is 6.29. The number of nitrogens with two attached hydrogens (primary N) is 1. The molecule has 2 heterocycles. The maximum Gasteiger partial charge on any atom is 0.245 e. The van der Waals surface area contributed by atoms with Crippen LogP contribution in [0.4, 0.5) is 0 Å². The Morgan fingerprint density at radius 1 is 1.30 bits per heavy atom. The molecule has 1 fully saturated rings. The SMILES string of the molecule is CCn1cc(S(=O)(=O)N2[C@H](C)CCC[C@@H]2C)cc1CN. The number of nitrogens with zero attached hydrogens (tertiary/aromatic N) is 2. The second-order valence-corrected chi connectivity index (χ2v) is 7.46. The monoisotopic (exact) mass is 299 g/mol. The Labute approximate surface area is 121 Å². The molecule has 0 saturated carbocycles. The minimum absolute atomic E-state index is 0.0649. The molecular weight excluding hydrogens is 274 g/mol. The van der Waals surface area contributed by atoms with Crippen molar-refractivity contribution in [2.75, 3.05) is 0 Å². The van der Waals surface area contributed by atoms with Gasteiger partial charge >= 0.3 is 0 Å². The summed E-state index contributed by atoms with van der Waals surface area (Å²) in [6, 6.07) is 1.84. The highest BCUT2D eigenvalue weighted by Gasteiger charge is 2.36. The Kier molecular flexibility index (Phi) is 4.56. The molecule has 1 saturated heterocycles. The highest BCUT2D eigenvalue weighted by molar-refractivity contribution is 7.89. The predicted octanol–water partition coefficient (Wildman–Crippen LogP) is 1.92. The summed E-state index contributed by atoms with van der Waals surface area (Å²) in [5, 5.41) is 0. The lowest BCUT2D eigenvalue weighted by atomic mass is 10.0. The largest absolute Gasteiger partial charge is 0.349 e. The Bertz CT molecular complexity index is 533. The van der Waals surface area contributed by atoms with Gasteiger partial charge in [0.05, 0.1) is 0 Å². The van der Waals surface area contributed by atoms with E-state index in [1.165, 1.54) is 0 Å². The van der Waals surface area contributed by atoms with Crippen molar-refractivity contribution in [3.63, 3.8) is 0 Å². The van der Waals surface area contributed by atoms with E-state index in [0.717, 1.165) is 31.5 Å². The number of aryl methyl sites for hydroxylation is 1. The Morgan fingerprint density at radius 3 is 2.35 bits per heavy atom. The average molecular weight is 299 g/mol. The van der Waals surface area contributed by atoms with Crippen molar-refractivity contribution in [1.82, 2.24) is 8.87 Å². The molecule has 1 aliphatic heterocycles. The molecular formula is C14H25N3O2S. The van der Waals surface area contributed by atoms with E-state index < -0.39 is 10.0 Å². The van der Waals surface area contributed by atoms with Gasteiger partial charge in [-0.1, -0.05) is 6.42 Å². The molecule has 114 valence electrons. The number of hydrogen-bond acceptors (Lipinski definition) is 3. The van der Waals surface area contributed by atoms with Gasteiger partial charge in [0, 0.05) is 37.1 Å². The van der Waals surface area contributed by atoms with E-state index in [2.05, 4.69) is 0 Å². The summed E-state index contributed by atoms with van der Waals surface area (Å²) < 4.78 is 29.3. The molecule has 0 amide bonds. The van der Waals surface area contributed by atoms with Gasteiger partial charge in [0.15, 0.2) is 0 Å². The van der Waals surface area contributed by atoms with Crippen molar-refractivity contribution in [3.8, 4) is 0 Å². The van der Waals surface area contributed by atoms with Crippen LogP contribution in [0.25, 0.3) is 0 Å². The molecule has 2 N–H and O–H groups in total. The molecule has 2 rings (SSSR count). The van der Waals surface area contributed by atoms with Gasteiger partial charge < -0.3 is 10.3 Å². The van der Waals surface area contributed by atoms with Gasteiger partial charge in [-0.15, -0.1) is 0 Å². The lowest BCUT2D eigenvalue weighted by Gasteiger charge is -2.37. The van der Waals surface area contributed by atoms with E-state index in [4.69, 9.17) is 5.73 Å². The van der Waals surface area contributed by atoms with Crippen LogP contribution < -0.4 is 5.73 Å². The summed E-state index contributed by atoms with van der Waals surface area (Å²) in [6.45, 7) is 7.06. The molecule has 20 heavy (non-hydrogen) atoms. The summed E-state index contributed by atoms with van der Waals surface area (Å²) in [5.74, 6) is 0. The molecule has 0 aromatic carbocycles. The fourth-order valence-corrected chi connectivity index (χ4v) is 5.07. The summed E-state index contributed by atoms with van der Waals surface area (Å²) in [5.41, 5.74) is 6.55. The molecule has 0 aliphatic carbocycles. The van der Waals surface area contributed by atoms with E-state index in [1.54, 1.807) is 16.6 Å². The standard InChI is InChI=1S/C14H25N3O2S/c1-4-16-10-14(8-13(16)9-15)20(18,19)17-11(2)6-5-7-12(17)3/h8,10-12H,4-7,9,15H2,1-3H3/t11-,12+. The van der Waals surface area contributed by atoms with Gasteiger partial charge in [-0.3, -0.25) is 0 Å². The first-order valence-electron chi connectivity index (χ1n) is 7.34. The Morgan fingerprint density at radius 2 is 1.90 bits per heavy atom. The van der Waals surface area contributed by atoms with Gasteiger partial charge in [-0.2, -0.15) is 4.31 Å². The van der Waals surface area contributed by atoms with Crippen molar-refractivity contribution in [3.05, 3.63) is 18.0 Å². The third kappa shape index (κ3) is 2.64. The van der Waals surface area contributed by atoms with E-state index in [0.29, 0.717) is 11.4 Å². The fraction of sp³-hybridized carbons (Fsp3) is 0.714. The van der Waals surface area contributed by atoms with E-state index >= 15 is 0 Å². The zero-order chi connectivity index (χ0) is 14.9. The smallest absolute Gasteiger partial charge is 0.245 e. The maximum absolute atomic E-state index is 12.9. The first kappa shape index (κ1) is 15.5. The maximum atomic E-state index is 12.9. The van der Waals surface area contributed by atoms with Crippen LogP contribution >= 0.6 is 0 Å². The second-order valence-electron chi connectivity index (χ2n) is 5.62. The molecule has 0 bridgehead atoms. The van der Waals surface area contributed by atoms with Crippen molar-refractivity contribution in [2.24, 2.45) is 5.73 Å². The summed E-state index contributed by atoms with van der Waals surface area (Å²) in [7, 11) is -3.43. The van der Waals surface area contributed by atoms with Gasteiger partial charge in [0.1, 0.15) is 4.90 Å². The quantitative estimate of drug-likeness (QED) is 0.923. The lowest BCUT2D eigenvalue weighted by Crippen LogP contribution is -2.47. The van der Waals surface area contributed by atoms with Crippen LogP contribution in [-0.4, -0.2) is 29.4 Å². The first-order valence-corrected chi connectivity index (χ1v) is 8.78. The van der Waals surface area contributed by atoms with Gasteiger partial charge in [0.25, 0.3) is 0 Å². The molecule has 1 aromatic heterocycles. The number of aromatic nitrogens is 1. The molecule has 0 spiro atoms. The van der Waals surface area contributed by atoms with Crippen LogP contribution in [0.3, 0.4) is 0 Å². The number of sulfonamides is 1. The van der Waals surface area contributed by atoms with Crippen LogP contribution in [0, 0.1) is 0 Å². The second kappa shape index (κ2) is 5.87. The first-order chi connectivity index (χ1) is 9.41. The number of hydrogen-bond donors (Lipinski definition) is 1. The van der Waals surface area contributed by atoms with E-state index in [-0.39, 0.29) is 12.1 Å². The molecule has 1 aromatic rings. The highest BCUT2D eigenvalue weighted by atomic mass is 32.2. The van der Waals surface area contributed by atoms with Gasteiger partial charge in [-0.05, 0) is 39.7 Å². The summed E-state index contributed by atoms with van der Waals surface area (Å²) >= 11 is 0. The van der Waals surface area contributed by atoms with E-state index in [9.17, 15) is 8.42 Å². The summed E-state index contributed by atoms with van der Waals surface area (Å²) in [4.78, 5) is 0.375. The van der Waals surface area contributed by atoms with Gasteiger partial charge in [-0.25, -0.2) is 8.42 Å². The average Bonchev–Trinajstić information content (AvgIpc) is 2.82. The van der Waals surface area contributed by atoms with Crippen LogP contribution in [0.15, 0.2) is 17.2 Å². The highest BCUT2D eigenvalue weighted by Crippen LogP contribution is 2.30. The lowest BCUT2D eigenvalue weighted by molar-refractivity contribution is 0.204. The van der Waals surface area contributed by atoms with E-state index in [1.807, 2.05) is 25.3 Å². The van der Waals surface area contributed by atoms with Gasteiger partial charge in [0.2, 0.25) is 10.0 Å². The molecule has 1 aliphatic rings. The molecule has 0 unspecified atom stereocenters. The zero-order valence-electron chi connectivity index (χ0n) is 12.5. The molecule has 2 atom stereocenters. The molecule has 5 nitrogen and oxygen atoms in total. The van der Waals surface area contributed by atoms with Crippen molar-refractivity contribution in [1.29, 1.82) is 0 Å². The fourth-order valence-electron chi connectivity index (χ4n) is 3.13. The topological polar surface area (TPSA) is 68.3 Å². The molecule has 0 radical (unpaired) electrons. The van der Waals surface area contributed by atoms with Crippen LogP contribution in [0.1, 0.15) is 45.7 Å². The summed E-state index contributed by atoms with van der Waals surface area (Å²) in [6.07, 6.45) is 4.67. The van der Waals surface area contributed by atoms with Crippen molar-refractivity contribution in [2.45, 2.75) is 70.1 Å². The number of piperidine rings is 1. The normalized spacial score (nSPS) is 25.0. The third-order valence-electron chi connectivity index (χ3n) is 4.20. The minimum atomic E-state index is -3.43. The minimum Gasteiger partial charge on any atom is -0.349 e. The zero-order valence-corrected chi connectivity index (χ0v) is 13.4. The van der Waals surface area contributed by atoms with Crippen molar-refractivity contribution >= 4 is 10.0 Å². The number of rotatable bonds is 4. The Hall–Kier alpha value is -0.850. The van der Waals surface area contributed by atoms with Crippen LogP contribution in [-0.2, 0) is 23.1 Å². The van der Waals surface area contributed by atoms with Crippen LogP contribution in [0.5, 0.6) is 0 Å². The van der Waals surface area contributed by atoms with Crippen molar-refractivity contribution < 1.29 is 8.42 Å². The Balaban J connectivity index is 2.41.